The van der Waals surface area contributed by atoms with E-state index < -0.39 is 0 Å². The van der Waals surface area contributed by atoms with Crippen molar-refractivity contribution in [1.82, 2.24) is 0 Å². The minimum Gasteiger partial charge on any atom is -0.424 e. The highest BCUT2D eigenvalue weighted by molar-refractivity contribution is 9.10. The first-order valence-corrected chi connectivity index (χ1v) is 3.62. The number of halogens is 1. The first-order valence-electron chi connectivity index (χ1n) is 2.83. The second kappa shape index (κ2) is 2.54. The fourth-order valence-electron chi connectivity index (χ4n) is 0.681. The van der Waals surface area contributed by atoms with E-state index in [1.54, 1.807) is 6.07 Å². The number of nitrogens with two attached hydrogens (primary N) is 1. The van der Waals surface area contributed by atoms with Crippen molar-refractivity contribution in [3.63, 3.8) is 0 Å². The third kappa shape index (κ3) is 1.26. The van der Waals surface area contributed by atoms with Crippen LogP contribution in [0.5, 0.6) is 0 Å². The Morgan fingerprint density at radius 3 is 2.40 bits per heavy atom. The van der Waals surface area contributed by atoms with Crippen LogP contribution in [0.15, 0.2) is 15.0 Å². The molecular weight excluding hydrogens is 196 g/mol. The lowest BCUT2D eigenvalue weighted by Gasteiger charge is -2.07. The Labute approximate surface area is 67.9 Å². The lowest BCUT2D eigenvalue weighted by atomic mass is 10.6. The molecule has 0 bridgehead atoms. The normalized spacial score (nSPS) is 9.90. The molecule has 1 rings (SSSR count). The van der Waals surface area contributed by atoms with Gasteiger partial charge in [0.05, 0.1) is 4.47 Å². The maximum atomic E-state index is 5.39. The van der Waals surface area contributed by atoms with Crippen molar-refractivity contribution >= 4 is 27.7 Å². The average molecular weight is 205 g/mol. The monoisotopic (exact) mass is 204 g/mol. The predicted molar refractivity (Wildman–Crippen MR) is 45.1 cm³/mol. The molecule has 0 aliphatic carbocycles. The van der Waals surface area contributed by atoms with E-state index in [0.29, 0.717) is 5.88 Å². The van der Waals surface area contributed by atoms with Gasteiger partial charge in [-0.15, -0.1) is 0 Å². The quantitative estimate of drug-likeness (QED) is 0.758. The van der Waals surface area contributed by atoms with E-state index in [2.05, 4.69) is 15.9 Å². The van der Waals surface area contributed by atoms with E-state index in [9.17, 15) is 0 Å². The van der Waals surface area contributed by atoms with Crippen LogP contribution in [0.25, 0.3) is 0 Å². The molecule has 0 amide bonds. The van der Waals surface area contributed by atoms with E-state index >= 15 is 0 Å². The third-order valence-corrected chi connectivity index (χ3v) is 1.66. The maximum absolute atomic E-state index is 5.39. The summed E-state index contributed by atoms with van der Waals surface area (Å²) in [5.41, 5.74) is 5.39. The molecule has 1 aromatic rings. The molecule has 2 N–H and O–H groups in total. The summed E-state index contributed by atoms with van der Waals surface area (Å²) in [6.07, 6.45) is 0. The van der Waals surface area contributed by atoms with Crippen LogP contribution < -0.4 is 10.6 Å². The van der Waals surface area contributed by atoms with Crippen LogP contribution in [0.2, 0.25) is 0 Å². The van der Waals surface area contributed by atoms with Crippen LogP contribution in [0.1, 0.15) is 0 Å². The van der Waals surface area contributed by atoms with E-state index in [-0.39, 0.29) is 0 Å². The van der Waals surface area contributed by atoms with Crippen molar-refractivity contribution < 1.29 is 4.42 Å². The molecule has 0 saturated carbocycles. The van der Waals surface area contributed by atoms with Crippen molar-refractivity contribution in [1.29, 1.82) is 0 Å². The fourth-order valence-corrected chi connectivity index (χ4v) is 1.34. The molecule has 4 heteroatoms. The second-order valence-corrected chi connectivity index (χ2v) is 3.05. The van der Waals surface area contributed by atoms with Gasteiger partial charge in [0.1, 0.15) is 0 Å². The molecule has 0 aromatic carbocycles. The lowest BCUT2D eigenvalue weighted by molar-refractivity contribution is 0.582. The molecule has 1 heterocycles. The fraction of sp³-hybridized carbons (Fsp3) is 0.333. The Morgan fingerprint density at radius 1 is 1.60 bits per heavy atom. The first kappa shape index (κ1) is 7.47. The van der Waals surface area contributed by atoms with Gasteiger partial charge in [-0.25, -0.2) is 0 Å². The minimum atomic E-state index is 0.426. The summed E-state index contributed by atoms with van der Waals surface area (Å²) in [6, 6.07) is 1.73. The molecule has 3 nitrogen and oxygen atoms in total. The van der Waals surface area contributed by atoms with Crippen LogP contribution >= 0.6 is 15.9 Å². The van der Waals surface area contributed by atoms with Crippen molar-refractivity contribution in [2.45, 2.75) is 0 Å². The number of anilines is 2. The molecular formula is C6H9BrN2O. The third-order valence-electron chi connectivity index (χ3n) is 1.09. The highest BCUT2D eigenvalue weighted by Gasteiger charge is 2.07. The SMILES string of the molecule is CN(C)c1oc(N)cc1Br. The van der Waals surface area contributed by atoms with Gasteiger partial charge in [-0.1, -0.05) is 0 Å². The Bertz CT molecular complexity index is 232. The molecule has 0 atom stereocenters. The summed E-state index contributed by atoms with van der Waals surface area (Å²) >= 11 is 3.30. The molecule has 1 aromatic heterocycles. The lowest BCUT2D eigenvalue weighted by Crippen LogP contribution is -2.07. The predicted octanol–water partition coefficient (Wildman–Crippen LogP) is 1.69. The molecule has 0 aliphatic heterocycles. The highest BCUT2D eigenvalue weighted by atomic mass is 79.9. The minimum absolute atomic E-state index is 0.426. The van der Waals surface area contributed by atoms with Crippen molar-refractivity contribution in [3.05, 3.63) is 10.5 Å². The van der Waals surface area contributed by atoms with Crippen LogP contribution in [-0.2, 0) is 0 Å². The summed E-state index contributed by atoms with van der Waals surface area (Å²) in [6.45, 7) is 0. The van der Waals surface area contributed by atoms with Crippen LogP contribution in [0.3, 0.4) is 0 Å². The van der Waals surface area contributed by atoms with Crippen molar-refractivity contribution in [3.8, 4) is 0 Å². The highest BCUT2D eigenvalue weighted by Crippen LogP contribution is 2.29. The standard InChI is InChI=1S/C6H9BrN2O/c1-9(2)6-4(7)3-5(8)10-6/h3H,8H2,1-2H3. The molecule has 0 fully saturated rings. The molecule has 56 valence electrons. The number of furan rings is 1. The molecule has 10 heavy (non-hydrogen) atoms. The maximum Gasteiger partial charge on any atom is 0.211 e. The first-order chi connectivity index (χ1) is 4.61. The summed E-state index contributed by atoms with van der Waals surface area (Å²) in [5.74, 6) is 1.17. The van der Waals surface area contributed by atoms with E-state index in [4.69, 9.17) is 10.2 Å². The largest absolute Gasteiger partial charge is 0.424 e. The van der Waals surface area contributed by atoms with Gasteiger partial charge < -0.3 is 15.1 Å². The van der Waals surface area contributed by atoms with Gasteiger partial charge in [0.2, 0.25) is 5.88 Å². The van der Waals surface area contributed by atoms with Gasteiger partial charge in [0, 0.05) is 20.2 Å². The number of rotatable bonds is 1. The van der Waals surface area contributed by atoms with Gasteiger partial charge in [-0.05, 0) is 15.9 Å². The van der Waals surface area contributed by atoms with Gasteiger partial charge in [0.25, 0.3) is 0 Å². The van der Waals surface area contributed by atoms with E-state index in [0.717, 1.165) is 10.4 Å². The molecule has 0 aliphatic rings. The zero-order valence-electron chi connectivity index (χ0n) is 5.89. The van der Waals surface area contributed by atoms with Crippen molar-refractivity contribution in [2.75, 3.05) is 24.7 Å². The molecule has 0 unspecified atom stereocenters. The van der Waals surface area contributed by atoms with E-state index in [1.807, 2.05) is 19.0 Å². The summed E-state index contributed by atoms with van der Waals surface area (Å²) in [7, 11) is 3.78. The topological polar surface area (TPSA) is 42.4 Å². The summed E-state index contributed by atoms with van der Waals surface area (Å²) in [4.78, 5) is 1.85. The van der Waals surface area contributed by atoms with E-state index in [1.165, 1.54) is 0 Å². The summed E-state index contributed by atoms with van der Waals surface area (Å²) in [5, 5.41) is 0. The Kier molecular flexibility index (Phi) is 1.89. The molecule has 0 saturated heterocycles. The van der Waals surface area contributed by atoms with Crippen molar-refractivity contribution in [2.24, 2.45) is 0 Å². The molecule has 0 radical (unpaired) electrons. The smallest absolute Gasteiger partial charge is 0.211 e. The van der Waals surface area contributed by atoms with Crippen LogP contribution in [-0.4, -0.2) is 14.1 Å². The summed E-state index contributed by atoms with van der Waals surface area (Å²) < 4.78 is 6.02. The Hall–Kier alpha value is -0.640. The molecule has 0 spiro atoms. The number of hydrogen-bond donors (Lipinski definition) is 1. The Balaban J connectivity index is 3.03. The average Bonchev–Trinajstić information content (AvgIpc) is 2.10. The number of nitrogen functional groups attached to an aromatic ring is 1. The Morgan fingerprint density at radius 2 is 2.20 bits per heavy atom. The van der Waals surface area contributed by atoms with Gasteiger partial charge >= 0.3 is 0 Å². The number of hydrogen-bond acceptors (Lipinski definition) is 3. The van der Waals surface area contributed by atoms with Crippen LogP contribution in [0.4, 0.5) is 11.8 Å². The number of nitrogens with zero attached hydrogens (tertiary/aromatic N) is 1. The van der Waals surface area contributed by atoms with Gasteiger partial charge in [0.15, 0.2) is 5.88 Å². The van der Waals surface area contributed by atoms with Gasteiger partial charge in [-0.3, -0.25) is 0 Å². The van der Waals surface area contributed by atoms with Crippen LogP contribution in [0, 0.1) is 0 Å². The zero-order valence-corrected chi connectivity index (χ0v) is 7.47. The second-order valence-electron chi connectivity index (χ2n) is 2.20. The zero-order chi connectivity index (χ0) is 7.72. The van der Waals surface area contributed by atoms with Gasteiger partial charge in [-0.2, -0.15) is 0 Å².